The number of carbonyl (C=O) groups excluding carboxylic acids is 1. The molecule has 1 fully saturated rings. The van der Waals surface area contributed by atoms with Crippen LogP contribution in [0.1, 0.15) is 24.2 Å². The predicted octanol–water partition coefficient (Wildman–Crippen LogP) is 1.75. The Morgan fingerprint density at radius 1 is 1.10 bits per heavy atom. The van der Waals surface area contributed by atoms with Crippen LogP contribution in [0.15, 0.2) is 48.7 Å². The van der Waals surface area contributed by atoms with E-state index in [-0.39, 0.29) is 24.3 Å². The summed E-state index contributed by atoms with van der Waals surface area (Å²) >= 11 is 0. The molecule has 0 saturated carbocycles. The Morgan fingerprint density at radius 3 is 2.40 bits per heavy atom. The molecule has 1 N–H and O–H groups in total. The second-order valence-corrected chi connectivity index (χ2v) is 9.43. The normalized spacial score (nSPS) is 15.2. The third-order valence-electron chi connectivity index (χ3n) is 4.74. The summed E-state index contributed by atoms with van der Waals surface area (Å²) in [4.78, 5) is 18.6. The van der Waals surface area contributed by atoms with Gasteiger partial charge in [0, 0.05) is 44.5 Å². The van der Waals surface area contributed by atoms with Crippen LogP contribution in [0.25, 0.3) is 0 Å². The minimum Gasteiger partial charge on any atom is -0.491 e. The summed E-state index contributed by atoms with van der Waals surface area (Å²) in [5.74, 6) is 1.11. The Kier molecular flexibility index (Phi) is 7.28. The van der Waals surface area contributed by atoms with Gasteiger partial charge in [-0.3, -0.25) is 4.79 Å². The molecule has 1 saturated heterocycles. The van der Waals surface area contributed by atoms with Gasteiger partial charge in [-0.15, -0.1) is 0 Å². The van der Waals surface area contributed by atoms with Crippen molar-refractivity contribution in [2.24, 2.45) is 0 Å². The number of piperazine rings is 1. The van der Waals surface area contributed by atoms with E-state index in [1.807, 2.05) is 32.0 Å². The van der Waals surface area contributed by atoms with Gasteiger partial charge < -0.3 is 15.0 Å². The van der Waals surface area contributed by atoms with Crippen LogP contribution in [0.3, 0.4) is 0 Å². The van der Waals surface area contributed by atoms with Gasteiger partial charge in [0.1, 0.15) is 11.6 Å². The monoisotopic (exact) mass is 432 g/mol. The molecule has 1 aromatic carbocycles. The van der Waals surface area contributed by atoms with Gasteiger partial charge >= 0.3 is 0 Å². The second kappa shape index (κ2) is 9.90. The van der Waals surface area contributed by atoms with Crippen molar-refractivity contribution < 1.29 is 17.9 Å². The van der Waals surface area contributed by atoms with E-state index in [1.54, 1.807) is 30.5 Å². The maximum absolute atomic E-state index is 12.6. The third-order valence-corrected chi connectivity index (χ3v) is 6.61. The number of sulfonamides is 1. The molecule has 1 aliphatic heterocycles. The molecule has 8 nitrogen and oxygen atoms in total. The van der Waals surface area contributed by atoms with Gasteiger partial charge in [-0.2, -0.15) is 4.31 Å². The topological polar surface area (TPSA) is 91.8 Å². The van der Waals surface area contributed by atoms with Crippen LogP contribution in [-0.2, 0) is 10.0 Å². The summed E-state index contributed by atoms with van der Waals surface area (Å²) in [7, 11) is -3.44. The van der Waals surface area contributed by atoms with Crippen LogP contribution in [0.4, 0.5) is 5.82 Å². The fourth-order valence-corrected chi connectivity index (χ4v) is 4.56. The van der Waals surface area contributed by atoms with Crippen molar-refractivity contribution in [2.45, 2.75) is 20.0 Å². The zero-order valence-electron chi connectivity index (χ0n) is 17.3. The molecule has 3 rings (SSSR count). The number of nitrogens with zero attached hydrogens (tertiary/aromatic N) is 3. The standard InChI is InChI=1S/C21H28N4O4S/c1-17(2)29-19-8-6-18(7-9-19)21(26)23-11-16-30(27,28)25-14-12-24(13-15-25)20-5-3-4-10-22-20/h3-10,17H,11-16H2,1-2H3,(H,23,26). The first-order valence-electron chi connectivity index (χ1n) is 10.0. The van der Waals surface area contributed by atoms with E-state index in [1.165, 1.54) is 4.31 Å². The van der Waals surface area contributed by atoms with Crippen LogP contribution in [-0.4, -0.2) is 68.2 Å². The number of carbonyl (C=O) groups is 1. The number of nitrogens with one attached hydrogen (secondary N) is 1. The molecule has 162 valence electrons. The zero-order valence-corrected chi connectivity index (χ0v) is 18.1. The highest BCUT2D eigenvalue weighted by Gasteiger charge is 2.27. The number of pyridine rings is 1. The molecule has 0 unspecified atom stereocenters. The van der Waals surface area contributed by atoms with Crippen LogP contribution in [0.5, 0.6) is 5.75 Å². The van der Waals surface area contributed by atoms with Gasteiger partial charge in [-0.1, -0.05) is 6.07 Å². The molecule has 0 atom stereocenters. The van der Waals surface area contributed by atoms with Gasteiger partial charge in [0.05, 0.1) is 11.9 Å². The highest BCUT2D eigenvalue weighted by atomic mass is 32.2. The molecule has 1 amide bonds. The van der Waals surface area contributed by atoms with Crippen LogP contribution in [0, 0.1) is 0 Å². The average molecular weight is 433 g/mol. The number of aromatic nitrogens is 1. The number of hydrogen-bond acceptors (Lipinski definition) is 6. The molecular weight excluding hydrogens is 404 g/mol. The van der Waals surface area contributed by atoms with Crippen molar-refractivity contribution in [1.29, 1.82) is 0 Å². The molecule has 0 bridgehead atoms. The van der Waals surface area contributed by atoms with E-state index in [2.05, 4.69) is 15.2 Å². The minimum absolute atomic E-state index is 0.0562. The maximum atomic E-state index is 12.6. The summed E-state index contributed by atoms with van der Waals surface area (Å²) in [6, 6.07) is 12.5. The van der Waals surface area contributed by atoms with Gasteiger partial charge in [-0.25, -0.2) is 13.4 Å². The number of amides is 1. The van der Waals surface area contributed by atoms with Crippen molar-refractivity contribution in [3.63, 3.8) is 0 Å². The van der Waals surface area contributed by atoms with Crippen LogP contribution < -0.4 is 15.0 Å². The maximum Gasteiger partial charge on any atom is 0.251 e. The Labute approximate surface area is 177 Å². The molecule has 30 heavy (non-hydrogen) atoms. The quantitative estimate of drug-likeness (QED) is 0.683. The third kappa shape index (κ3) is 5.93. The summed E-state index contributed by atoms with van der Waals surface area (Å²) in [5.41, 5.74) is 0.465. The number of rotatable bonds is 8. The average Bonchev–Trinajstić information content (AvgIpc) is 2.74. The Hall–Kier alpha value is -2.65. The van der Waals surface area contributed by atoms with Crippen molar-refractivity contribution in [3.05, 3.63) is 54.2 Å². The van der Waals surface area contributed by atoms with E-state index < -0.39 is 10.0 Å². The van der Waals surface area contributed by atoms with Crippen molar-refractivity contribution in [3.8, 4) is 5.75 Å². The Bertz CT molecular complexity index is 925. The summed E-state index contributed by atoms with van der Waals surface area (Å²) in [6.45, 7) is 5.92. The molecule has 2 heterocycles. The molecule has 0 aliphatic carbocycles. The molecule has 0 radical (unpaired) electrons. The molecular formula is C21H28N4O4S. The van der Waals surface area contributed by atoms with E-state index in [4.69, 9.17) is 4.74 Å². The smallest absolute Gasteiger partial charge is 0.251 e. The van der Waals surface area contributed by atoms with Crippen molar-refractivity contribution in [1.82, 2.24) is 14.6 Å². The predicted molar refractivity (Wildman–Crippen MR) is 116 cm³/mol. The van der Waals surface area contributed by atoms with Gasteiger partial charge in [-0.05, 0) is 50.2 Å². The number of hydrogen-bond donors (Lipinski definition) is 1. The number of ether oxygens (including phenoxy) is 1. The van der Waals surface area contributed by atoms with Gasteiger partial charge in [0.15, 0.2) is 0 Å². The van der Waals surface area contributed by atoms with E-state index in [9.17, 15) is 13.2 Å². The minimum atomic E-state index is -3.44. The van der Waals surface area contributed by atoms with Crippen LogP contribution in [0.2, 0.25) is 0 Å². The molecule has 1 aromatic heterocycles. The lowest BCUT2D eigenvalue weighted by molar-refractivity contribution is 0.0956. The van der Waals surface area contributed by atoms with Gasteiger partial charge in [0.25, 0.3) is 5.91 Å². The zero-order chi connectivity index (χ0) is 21.6. The first kappa shape index (κ1) is 22.0. The Morgan fingerprint density at radius 2 is 1.80 bits per heavy atom. The summed E-state index contributed by atoms with van der Waals surface area (Å²) in [6.07, 6.45) is 1.78. The highest BCUT2D eigenvalue weighted by Crippen LogP contribution is 2.15. The Balaban J connectivity index is 1.45. The fraction of sp³-hybridized carbons (Fsp3) is 0.429. The van der Waals surface area contributed by atoms with Crippen molar-refractivity contribution in [2.75, 3.05) is 43.4 Å². The lowest BCUT2D eigenvalue weighted by Crippen LogP contribution is -2.50. The van der Waals surface area contributed by atoms with Gasteiger partial charge in [0.2, 0.25) is 10.0 Å². The van der Waals surface area contributed by atoms with Crippen molar-refractivity contribution >= 4 is 21.7 Å². The number of benzene rings is 1. The second-order valence-electron chi connectivity index (χ2n) is 7.34. The largest absolute Gasteiger partial charge is 0.491 e. The van der Waals surface area contributed by atoms with E-state index >= 15 is 0 Å². The summed E-state index contributed by atoms with van der Waals surface area (Å²) < 4.78 is 32.3. The lowest BCUT2D eigenvalue weighted by Gasteiger charge is -2.34. The molecule has 9 heteroatoms. The SMILES string of the molecule is CC(C)Oc1ccc(C(=O)NCCS(=O)(=O)N2CCN(c3ccccn3)CC2)cc1. The van der Waals surface area contributed by atoms with E-state index in [0.717, 1.165) is 5.82 Å². The molecule has 0 spiro atoms. The number of anilines is 1. The summed E-state index contributed by atoms with van der Waals surface area (Å²) in [5, 5.41) is 2.68. The molecule has 2 aromatic rings. The first-order chi connectivity index (χ1) is 14.3. The lowest BCUT2D eigenvalue weighted by atomic mass is 10.2. The van der Waals surface area contributed by atoms with E-state index in [0.29, 0.717) is 37.5 Å². The fourth-order valence-electron chi connectivity index (χ4n) is 3.22. The molecule has 1 aliphatic rings. The highest BCUT2D eigenvalue weighted by molar-refractivity contribution is 7.89. The first-order valence-corrected chi connectivity index (χ1v) is 11.6. The van der Waals surface area contributed by atoms with Crippen LogP contribution >= 0.6 is 0 Å².